The molecule has 8 heteroatoms. The highest BCUT2D eigenvalue weighted by Crippen LogP contribution is 2.36. The summed E-state index contributed by atoms with van der Waals surface area (Å²) in [5, 5.41) is 11.7. The van der Waals surface area contributed by atoms with Crippen LogP contribution in [0.4, 0.5) is 5.69 Å². The molecule has 8 nitrogen and oxygen atoms in total. The van der Waals surface area contributed by atoms with E-state index in [2.05, 4.69) is 0 Å². The Bertz CT molecular complexity index is 1060. The van der Waals surface area contributed by atoms with Crippen LogP contribution in [0, 0.1) is 0 Å². The lowest BCUT2D eigenvalue weighted by Crippen LogP contribution is -2.57. The first-order valence-corrected chi connectivity index (χ1v) is 10.6. The van der Waals surface area contributed by atoms with E-state index in [1.54, 1.807) is 38.1 Å². The van der Waals surface area contributed by atoms with Gasteiger partial charge in [-0.15, -0.1) is 0 Å². The lowest BCUT2D eigenvalue weighted by atomic mass is 10.0. The van der Waals surface area contributed by atoms with Crippen molar-refractivity contribution >= 4 is 23.3 Å². The van der Waals surface area contributed by atoms with Gasteiger partial charge in [0.05, 0.1) is 20.3 Å². The Kier molecular flexibility index (Phi) is 7.18. The molecule has 1 aliphatic rings. The zero-order valence-electron chi connectivity index (χ0n) is 19.2. The molecule has 0 bridgehead atoms. The number of ether oxygens (including phenoxy) is 2. The lowest BCUT2D eigenvalue weighted by Gasteiger charge is -2.38. The third-order valence-electron chi connectivity index (χ3n) is 5.61. The molecule has 3 rings (SSSR count). The Balaban J connectivity index is 2.03. The van der Waals surface area contributed by atoms with E-state index >= 15 is 0 Å². The fourth-order valence-corrected chi connectivity index (χ4v) is 3.88. The molecule has 1 atom stereocenters. The molecule has 0 aliphatic carbocycles. The van der Waals surface area contributed by atoms with Gasteiger partial charge in [-0.3, -0.25) is 9.59 Å². The van der Waals surface area contributed by atoms with E-state index in [4.69, 9.17) is 9.47 Å². The number of allylic oxidation sites excluding steroid dienone is 1. The number of hydrogen-bond donors (Lipinski definition) is 1. The number of nitrogens with zero attached hydrogens (tertiary/aromatic N) is 2. The van der Waals surface area contributed by atoms with Gasteiger partial charge >= 0.3 is 5.97 Å². The summed E-state index contributed by atoms with van der Waals surface area (Å²) in [4.78, 5) is 41.3. The van der Waals surface area contributed by atoms with Gasteiger partial charge in [0.15, 0.2) is 0 Å². The number of amides is 1. The van der Waals surface area contributed by atoms with E-state index in [0.29, 0.717) is 17.1 Å². The summed E-state index contributed by atoms with van der Waals surface area (Å²) in [6, 6.07) is 15.9. The van der Waals surface area contributed by atoms with Gasteiger partial charge < -0.3 is 24.4 Å². The standard InChI is InChI=1S/C25H28N2O6/c1-5-33-24(30)22-17(2)27(15-19-9-7-6-8-10-19)25(31,23(22)29)16-26(18(3)28)20-11-13-21(32-4)14-12-20/h6-14,31H,5,15-16H2,1-4H3. The maximum absolute atomic E-state index is 13.4. The second-order valence-corrected chi connectivity index (χ2v) is 7.70. The minimum Gasteiger partial charge on any atom is -0.497 e. The topological polar surface area (TPSA) is 96.4 Å². The van der Waals surface area contributed by atoms with Crippen LogP contribution >= 0.6 is 0 Å². The molecule has 0 spiro atoms. The number of carbonyl (C=O) groups excluding carboxylic acids is 3. The highest BCUT2D eigenvalue weighted by molar-refractivity contribution is 6.23. The van der Waals surface area contributed by atoms with Crippen molar-refractivity contribution in [2.24, 2.45) is 0 Å². The van der Waals surface area contributed by atoms with Crippen molar-refractivity contribution < 1.29 is 29.0 Å². The van der Waals surface area contributed by atoms with Crippen LogP contribution in [-0.2, 0) is 25.7 Å². The van der Waals surface area contributed by atoms with Gasteiger partial charge in [0.25, 0.3) is 0 Å². The van der Waals surface area contributed by atoms with Crippen LogP contribution in [-0.4, -0.2) is 53.7 Å². The summed E-state index contributed by atoms with van der Waals surface area (Å²) < 4.78 is 10.2. The van der Waals surface area contributed by atoms with Crippen molar-refractivity contribution in [2.45, 2.75) is 33.0 Å². The van der Waals surface area contributed by atoms with E-state index < -0.39 is 17.5 Å². The average Bonchev–Trinajstić information content (AvgIpc) is 2.99. The Morgan fingerprint density at radius 1 is 1.09 bits per heavy atom. The quantitative estimate of drug-likeness (QED) is 0.486. The van der Waals surface area contributed by atoms with Gasteiger partial charge in [-0.2, -0.15) is 0 Å². The van der Waals surface area contributed by atoms with Gasteiger partial charge in [-0.1, -0.05) is 30.3 Å². The van der Waals surface area contributed by atoms with E-state index in [1.807, 2.05) is 30.3 Å². The monoisotopic (exact) mass is 452 g/mol. The van der Waals surface area contributed by atoms with Crippen molar-refractivity contribution in [3.63, 3.8) is 0 Å². The summed E-state index contributed by atoms with van der Waals surface area (Å²) in [6.45, 7) is 4.46. The smallest absolute Gasteiger partial charge is 0.343 e. The van der Waals surface area contributed by atoms with Gasteiger partial charge in [0, 0.05) is 24.9 Å². The molecule has 1 heterocycles. The fourth-order valence-electron chi connectivity index (χ4n) is 3.88. The molecule has 1 unspecified atom stereocenters. The Morgan fingerprint density at radius 3 is 2.27 bits per heavy atom. The number of rotatable bonds is 8. The Morgan fingerprint density at radius 2 is 1.73 bits per heavy atom. The first-order chi connectivity index (χ1) is 15.7. The number of benzene rings is 2. The molecule has 0 fully saturated rings. The second-order valence-electron chi connectivity index (χ2n) is 7.70. The molecule has 0 saturated carbocycles. The number of hydrogen-bond acceptors (Lipinski definition) is 7. The number of methoxy groups -OCH3 is 1. The largest absolute Gasteiger partial charge is 0.497 e. The van der Waals surface area contributed by atoms with Crippen molar-refractivity contribution in [2.75, 3.05) is 25.2 Å². The molecule has 2 aromatic carbocycles. The van der Waals surface area contributed by atoms with Crippen LogP contribution in [0.5, 0.6) is 5.75 Å². The van der Waals surface area contributed by atoms with Crippen LogP contribution in [0.2, 0.25) is 0 Å². The van der Waals surface area contributed by atoms with Gasteiger partial charge in [0.2, 0.25) is 17.4 Å². The molecule has 0 aromatic heterocycles. The van der Waals surface area contributed by atoms with Crippen molar-refractivity contribution in [3.05, 3.63) is 71.4 Å². The molecule has 1 amide bonds. The molecule has 174 valence electrons. The average molecular weight is 453 g/mol. The molecular formula is C25H28N2O6. The van der Waals surface area contributed by atoms with Crippen LogP contribution < -0.4 is 9.64 Å². The van der Waals surface area contributed by atoms with E-state index in [0.717, 1.165) is 5.56 Å². The summed E-state index contributed by atoms with van der Waals surface area (Å²) in [6.07, 6.45) is 0. The van der Waals surface area contributed by atoms with Crippen molar-refractivity contribution in [1.29, 1.82) is 0 Å². The molecule has 0 radical (unpaired) electrons. The van der Waals surface area contributed by atoms with Crippen LogP contribution in [0.25, 0.3) is 0 Å². The van der Waals surface area contributed by atoms with Gasteiger partial charge in [-0.25, -0.2) is 4.79 Å². The van der Waals surface area contributed by atoms with E-state index in [9.17, 15) is 19.5 Å². The third kappa shape index (κ3) is 4.75. The Hall–Kier alpha value is -3.65. The maximum Gasteiger partial charge on any atom is 0.343 e. The van der Waals surface area contributed by atoms with Crippen molar-refractivity contribution in [1.82, 2.24) is 4.90 Å². The molecule has 1 N–H and O–H groups in total. The number of carbonyl (C=O) groups is 3. The van der Waals surface area contributed by atoms with Crippen LogP contribution in [0.3, 0.4) is 0 Å². The van der Waals surface area contributed by atoms with Crippen molar-refractivity contribution in [3.8, 4) is 5.75 Å². The number of aliphatic hydroxyl groups is 1. The molecule has 2 aromatic rings. The summed E-state index contributed by atoms with van der Waals surface area (Å²) in [7, 11) is 1.53. The minimum atomic E-state index is -2.16. The lowest BCUT2D eigenvalue weighted by molar-refractivity contribution is -0.150. The molecule has 33 heavy (non-hydrogen) atoms. The summed E-state index contributed by atoms with van der Waals surface area (Å²) >= 11 is 0. The summed E-state index contributed by atoms with van der Waals surface area (Å²) in [5.41, 5.74) is -0.775. The van der Waals surface area contributed by atoms with E-state index in [1.165, 1.54) is 23.8 Å². The predicted octanol–water partition coefficient (Wildman–Crippen LogP) is 2.66. The highest BCUT2D eigenvalue weighted by atomic mass is 16.5. The second kappa shape index (κ2) is 9.87. The Labute approximate surface area is 193 Å². The fraction of sp³-hybridized carbons (Fsp3) is 0.320. The normalized spacial score (nSPS) is 17.8. The SMILES string of the molecule is CCOC(=O)C1=C(C)N(Cc2ccccc2)C(O)(CN(C(C)=O)c2ccc(OC)cc2)C1=O. The third-order valence-corrected chi connectivity index (χ3v) is 5.61. The molecule has 1 aliphatic heterocycles. The highest BCUT2D eigenvalue weighted by Gasteiger charge is 2.54. The summed E-state index contributed by atoms with van der Waals surface area (Å²) in [5.74, 6) is -1.36. The van der Waals surface area contributed by atoms with Gasteiger partial charge in [-0.05, 0) is 43.7 Å². The van der Waals surface area contributed by atoms with E-state index in [-0.39, 0.29) is 31.2 Å². The number of Topliss-reactive ketones (excluding diaryl/α,β-unsaturated/α-hetero) is 1. The number of esters is 1. The van der Waals surface area contributed by atoms with Crippen LogP contribution in [0.1, 0.15) is 26.3 Å². The zero-order valence-corrected chi connectivity index (χ0v) is 19.2. The first kappa shape index (κ1) is 24.0. The maximum atomic E-state index is 13.4. The molecule has 0 saturated heterocycles. The zero-order chi connectivity index (χ0) is 24.2. The molecular weight excluding hydrogens is 424 g/mol. The first-order valence-electron chi connectivity index (χ1n) is 10.6. The predicted molar refractivity (Wildman–Crippen MR) is 122 cm³/mol. The number of anilines is 1. The number of ketones is 1. The minimum absolute atomic E-state index is 0.0887. The van der Waals surface area contributed by atoms with Crippen LogP contribution in [0.15, 0.2) is 65.9 Å². The van der Waals surface area contributed by atoms with Gasteiger partial charge in [0.1, 0.15) is 11.3 Å².